The Balaban J connectivity index is 1.43. The molecule has 0 unspecified atom stereocenters. The van der Waals surface area contributed by atoms with Gasteiger partial charge in [-0.15, -0.1) is 24.5 Å². The Kier molecular flexibility index (Phi) is 5.71. The van der Waals surface area contributed by atoms with Gasteiger partial charge in [0.25, 0.3) is 0 Å². The minimum atomic E-state index is -4.75. The van der Waals surface area contributed by atoms with Crippen molar-refractivity contribution in [3.8, 4) is 11.5 Å². The molecule has 0 radical (unpaired) electrons. The van der Waals surface area contributed by atoms with Gasteiger partial charge in [0.2, 0.25) is 5.91 Å². The van der Waals surface area contributed by atoms with E-state index in [2.05, 4.69) is 14.6 Å². The molecule has 3 aromatic rings. The summed E-state index contributed by atoms with van der Waals surface area (Å²) in [6.07, 6.45) is -2.56. The van der Waals surface area contributed by atoms with E-state index in [0.717, 1.165) is 5.01 Å². The van der Waals surface area contributed by atoms with Crippen LogP contribution >= 0.6 is 11.3 Å². The molecular formula is C23H20F3N3O3S. The third kappa shape index (κ3) is 4.81. The van der Waals surface area contributed by atoms with Crippen LogP contribution in [-0.2, 0) is 17.9 Å². The number of alkyl halides is 3. The van der Waals surface area contributed by atoms with Crippen LogP contribution in [0.25, 0.3) is 0 Å². The third-order valence-corrected chi connectivity index (χ3v) is 6.45. The van der Waals surface area contributed by atoms with Crippen molar-refractivity contribution in [2.75, 3.05) is 11.4 Å². The van der Waals surface area contributed by atoms with E-state index in [1.807, 2.05) is 29.6 Å². The second kappa shape index (κ2) is 8.68. The average molecular weight is 475 g/mol. The van der Waals surface area contributed by atoms with Crippen LogP contribution in [0.1, 0.15) is 17.0 Å². The minimum Gasteiger partial charge on any atom is -0.487 e. The summed E-state index contributed by atoms with van der Waals surface area (Å²) in [5.74, 6) is 0.241. The van der Waals surface area contributed by atoms with E-state index in [1.165, 1.54) is 24.3 Å². The van der Waals surface area contributed by atoms with Gasteiger partial charge in [-0.25, -0.2) is 4.98 Å². The molecule has 2 aliphatic heterocycles. The van der Waals surface area contributed by atoms with Crippen LogP contribution in [0, 0.1) is 0 Å². The monoisotopic (exact) mass is 475 g/mol. The number of amides is 1. The van der Waals surface area contributed by atoms with Crippen LogP contribution in [0.3, 0.4) is 0 Å². The maximum Gasteiger partial charge on any atom is 0.573 e. The van der Waals surface area contributed by atoms with Gasteiger partial charge in [-0.1, -0.05) is 24.3 Å². The highest BCUT2D eigenvalue weighted by atomic mass is 32.1. The number of fused-ring (bicyclic) bond motifs is 3. The summed E-state index contributed by atoms with van der Waals surface area (Å²) < 4.78 is 47.6. The lowest BCUT2D eigenvalue weighted by molar-refractivity contribution is -0.274. The van der Waals surface area contributed by atoms with Crippen LogP contribution in [0.2, 0.25) is 0 Å². The lowest BCUT2D eigenvalue weighted by atomic mass is 10.1. The number of benzene rings is 2. The zero-order chi connectivity index (χ0) is 23.0. The van der Waals surface area contributed by atoms with Crippen molar-refractivity contribution >= 4 is 22.9 Å². The van der Waals surface area contributed by atoms with Gasteiger partial charge in [0, 0.05) is 24.5 Å². The fourth-order valence-electron chi connectivity index (χ4n) is 4.28. The van der Waals surface area contributed by atoms with E-state index >= 15 is 0 Å². The number of ether oxygens (including phenoxy) is 2. The Morgan fingerprint density at radius 3 is 2.64 bits per heavy atom. The Hall–Kier alpha value is -3.11. The first kappa shape index (κ1) is 21.7. The number of halogens is 3. The summed E-state index contributed by atoms with van der Waals surface area (Å²) in [5.41, 5.74) is 1.32. The number of nitrogens with zero attached hydrogens (tertiary/aromatic N) is 3. The van der Waals surface area contributed by atoms with E-state index < -0.39 is 6.36 Å². The van der Waals surface area contributed by atoms with E-state index in [1.54, 1.807) is 22.4 Å². The molecule has 2 aromatic carbocycles. The Morgan fingerprint density at radius 1 is 1.12 bits per heavy atom. The first-order valence-electron chi connectivity index (χ1n) is 10.4. The van der Waals surface area contributed by atoms with Crippen LogP contribution in [0.15, 0.2) is 60.1 Å². The highest BCUT2D eigenvalue weighted by molar-refractivity contribution is 7.09. The number of likely N-dealkylation sites (tertiary alicyclic amines) is 1. The second-order valence-electron chi connectivity index (χ2n) is 7.93. The molecule has 33 heavy (non-hydrogen) atoms. The lowest BCUT2D eigenvalue weighted by Gasteiger charge is -2.31. The zero-order valence-electron chi connectivity index (χ0n) is 17.4. The molecule has 10 heteroatoms. The van der Waals surface area contributed by atoms with E-state index in [9.17, 15) is 18.0 Å². The van der Waals surface area contributed by atoms with E-state index in [4.69, 9.17) is 4.74 Å². The van der Waals surface area contributed by atoms with Gasteiger partial charge < -0.3 is 14.4 Å². The number of hydrogen-bond acceptors (Lipinski definition) is 6. The number of rotatable bonds is 5. The molecule has 3 heterocycles. The molecule has 6 nitrogen and oxygen atoms in total. The number of thiazole rings is 1. The van der Waals surface area contributed by atoms with Crippen LogP contribution in [0.5, 0.6) is 11.5 Å². The highest BCUT2D eigenvalue weighted by Gasteiger charge is 2.43. The Bertz CT molecular complexity index is 1120. The summed E-state index contributed by atoms with van der Waals surface area (Å²) in [6, 6.07) is 12.5. The fraction of sp³-hybridized carbons (Fsp3) is 0.304. The van der Waals surface area contributed by atoms with Gasteiger partial charge in [0.15, 0.2) is 0 Å². The quantitative estimate of drug-likeness (QED) is 0.540. The summed E-state index contributed by atoms with van der Waals surface area (Å²) >= 11 is 1.54. The second-order valence-corrected chi connectivity index (χ2v) is 8.91. The normalized spacial score (nSPS) is 20.7. The maximum absolute atomic E-state index is 13.8. The molecule has 1 saturated heterocycles. The molecule has 2 bridgehead atoms. The van der Waals surface area contributed by atoms with Crippen LogP contribution in [0.4, 0.5) is 18.9 Å². The number of hydrogen-bond donors (Lipinski definition) is 0. The SMILES string of the molecule is O=C1[C@@H]2C[C@@H](CN2Cc2nccs2)Oc2ccccc2N1Cc1ccc(OC(F)(F)F)cc1. The largest absolute Gasteiger partial charge is 0.573 e. The molecule has 0 saturated carbocycles. The first-order valence-corrected chi connectivity index (χ1v) is 11.3. The molecule has 5 rings (SSSR count). The summed E-state index contributed by atoms with van der Waals surface area (Å²) in [7, 11) is 0. The van der Waals surface area contributed by atoms with E-state index in [0.29, 0.717) is 36.5 Å². The fourth-order valence-corrected chi connectivity index (χ4v) is 4.92. The van der Waals surface area contributed by atoms with Gasteiger partial charge >= 0.3 is 6.36 Å². The number of carbonyl (C=O) groups excluding carboxylic acids is 1. The van der Waals surface area contributed by atoms with Crippen molar-refractivity contribution in [2.24, 2.45) is 0 Å². The summed E-state index contributed by atoms with van der Waals surface area (Å²) in [4.78, 5) is 21.8. The predicted octanol–water partition coefficient (Wildman–Crippen LogP) is 4.61. The molecule has 0 spiro atoms. The lowest BCUT2D eigenvalue weighted by Crippen LogP contribution is -2.45. The Morgan fingerprint density at radius 2 is 1.91 bits per heavy atom. The van der Waals surface area contributed by atoms with Crippen LogP contribution < -0.4 is 14.4 Å². The van der Waals surface area contributed by atoms with Crippen molar-refractivity contribution in [3.05, 3.63) is 70.7 Å². The van der Waals surface area contributed by atoms with Gasteiger partial charge in [-0.05, 0) is 29.8 Å². The topological polar surface area (TPSA) is 54.9 Å². The van der Waals surface area contributed by atoms with Gasteiger partial charge in [0.05, 0.1) is 24.8 Å². The highest BCUT2D eigenvalue weighted by Crippen LogP contribution is 2.37. The molecule has 0 N–H and O–H groups in total. The summed E-state index contributed by atoms with van der Waals surface area (Å²) in [6.45, 7) is 1.36. The molecule has 1 fully saturated rings. The first-order chi connectivity index (χ1) is 15.9. The van der Waals surface area contributed by atoms with Crippen molar-refractivity contribution in [1.29, 1.82) is 0 Å². The number of para-hydroxylation sites is 2. The number of aromatic nitrogens is 1. The predicted molar refractivity (Wildman–Crippen MR) is 116 cm³/mol. The molecule has 1 aromatic heterocycles. The molecule has 0 aliphatic carbocycles. The molecule has 1 amide bonds. The Labute approximate surface area is 192 Å². The van der Waals surface area contributed by atoms with Crippen molar-refractivity contribution in [1.82, 2.24) is 9.88 Å². The standard InChI is InChI=1S/C23H20F3N3O3S/c24-23(25,26)32-16-7-5-15(6-8-16)12-29-18-3-1-2-4-20(18)31-17-11-19(22(29)30)28(13-17)14-21-27-9-10-33-21/h1-10,17,19H,11-14H2/t17-,19-/m0/s1. The van der Waals surface area contributed by atoms with Gasteiger partial charge in [0.1, 0.15) is 22.6 Å². The molecule has 2 atom stereocenters. The average Bonchev–Trinajstić information content (AvgIpc) is 3.42. The molecule has 2 aliphatic rings. The zero-order valence-corrected chi connectivity index (χ0v) is 18.2. The van der Waals surface area contributed by atoms with Crippen molar-refractivity contribution < 1.29 is 27.4 Å². The smallest absolute Gasteiger partial charge is 0.487 e. The number of carbonyl (C=O) groups is 1. The maximum atomic E-state index is 13.8. The van der Waals surface area contributed by atoms with E-state index in [-0.39, 0.29) is 30.3 Å². The van der Waals surface area contributed by atoms with Crippen molar-refractivity contribution in [3.63, 3.8) is 0 Å². The molecular weight excluding hydrogens is 455 g/mol. The van der Waals surface area contributed by atoms with Gasteiger partial charge in [-0.3, -0.25) is 9.69 Å². The number of anilines is 1. The molecule has 172 valence electrons. The third-order valence-electron chi connectivity index (χ3n) is 5.69. The van der Waals surface area contributed by atoms with Gasteiger partial charge in [-0.2, -0.15) is 0 Å². The van der Waals surface area contributed by atoms with Crippen molar-refractivity contribution in [2.45, 2.75) is 38.0 Å². The minimum absolute atomic E-state index is 0.0691. The van der Waals surface area contributed by atoms with Crippen LogP contribution in [-0.4, -0.2) is 40.8 Å². The summed E-state index contributed by atoms with van der Waals surface area (Å²) in [5, 5.41) is 2.83.